The van der Waals surface area contributed by atoms with Gasteiger partial charge in [0.2, 0.25) is 10.0 Å². The summed E-state index contributed by atoms with van der Waals surface area (Å²) >= 11 is 0. The van der Waals surface area contributed by atoms with Gasteiger partial charge in [-0.15, -0.1) is 0 Å². The second kappa shape index (κ2) is 6.52. The topological polar surface area (TPSA) is 62.6 Å². The van der Waals surface area contributed by atoms with E-state index in [1.54, 1.807) is 23.9 Å². The standard InChI is InChI=1S/C17H27N3O3S/c1-13-8-14(2)11-19(10-13)17(21)16-9-15(12-18(16)3)24(22,23)20-6-4-5-7-20/h9,12-14H,4-8,10-11H2,1-3H3/t13-,14-/m1/s1. The smallest absolute Gasteiger partial charge is 0.270 e. The molecule has 2 aliphatic rings. The lowest BCUT2D eigenvalue weighted by molar-refractivity contribution is 0.0613. The third-order valence-corrected chi connectivity index (χ3v) is 6.92. The fraction of sp³-hybridized carbons (Fsp3) is 0.706. The molecule has 3 heterocycles. The van der Waals surface area contributed by atoms with Crippen molar-refractivity contribution in [3.63, 3.8) is 0 Å². The minimum absolute atomic E-state index is 0.0706. The molecule has 24 heavy (non-hydrogen) atoms. The van der Waals surface area contributed by atoms with E-state index in [0.717, 1.165) is 32.4 Å². The number of aryl methyl sites for hydroxylation is 1. The molecule has 1 aromatic rings. The first kappa shape index (κ1) is 17.5. The fourth-order valence-electron chi connectivity index (χ4n) is 3.96. The highest BCUT2D eigenvalue weighted by atomic mass is 32.2. The van der Waals surface area contributed by atoms with E-state index in [-0.39, 0.29) is 10.8 Å². The molecule has 0 aliphatic carbocycles. The van der Waals surface area contributed by atoms with E-state index in [1.165, 1.54) is 4.31 Å². The van der Waals surface area contributed by atoms with Crippen molar-refractivity contribution in [3.8, 4) is 0 Å². The molecule has 2 atom stereocenters. The van der Waals surface area contributed by atoms with Crippen LogP contribution in [0, 0.1) is 11.8 Å². The molecule has 6 nitrogen and oxygen atoms in total. The quantitative estimate of drug-likeness (QED) is 0.834. The lowest BCUT2D eigenvalue weighted by atomic mass is 9.92. The molecular formula is C17H27N3O3S. The SMILES string of the molecule is C[C@@H]1C[C@@H](C)CN(C(=O)c2cc(S(=O)(=O)N3CCCC3)cn2C)C1. The normalized spacial score (nSPS) is 26.0. The lowest BCUT2D eigenvalue weighted by Crippen LogP contribution is -2.43. The minimum atomic E-state index is -3.48. The molecule has 2 fully saturated rings. The van der Waals surface area contributed by atoms with Crippen LogP contribution in [-0.4, -0.2) is 54.3 Å². The van der Waals surface area contributed by atoms with Gasteiger partial charge >= 0.3 is 0 Å². The maximum absolute atomic E-state index is 12.9. The number of nitrogens with zero attached hydrogens (tertiary/aromatic N) is 3. The van der Waals surface area contributed by atoms with Crippen LogP contribution < -0.4 is 0 Å². The predicted octanol–water partition coefficient (Wildman–Crippen LogP) is 1.93. The molecule has 0 spiro atoms. The number of hydrogen-bond acceptors (Lipinski definition) is 3. The summed E-state index contributed by atoms with van der Waals surface area (Å²) in [4.78, 5) is 15.0. The van der Waals surface area contributed by atoms with Gasteiger partial charge in [-0.3, -0.25) is 4.79 Å². The van der Waals surface area contributed by atoms with Crippen molar-refractivity contribution in [2.45, 2.75) is 38.0 Å². The Hall–Kier alpha value is -1.34. The summed E-state index contributed by atoms with van der Waals surface area (Å²) in [5.74, 6) is 0.885. The monoisotopic (exact) mass is 353 g/mol. The highest BCUT2D eigenvalue weighted by Crippen LogP contribution is 2.25. The summed E-state index contributed by atoms with van der Waals surface area (Å²) in [6, 6.07) is 1.54. The summed E-state index contributed by atoms with van der Waals surface area (Å²) in [5, 5.41) is 0. The molecule has 3 rings (SSSR count). The van der Waals surface area contributed by atoms with Crippen molar-refractivity contribution < 1.29 is 13.2 Å². The summed E-state index contributed by atoms with van der Waals surface area (Å²) < 4.78 is 28.5. The average Bonchev–Trinajstić information content (AvgIpc) is 3.15. The zero-order chi connectivity index (χ0) is 17.5. The van der Waals surface area contributed by atoms with Gasteiger partial charge in [0.05, 0.1) is 0 Å². The number of carbonyl (C=O) groups is 1. The van der Waals surface area contributed by atoms with Crippen LogP contribution in [0.3, 0.4) is 0 Å². The first-order valence-corrected chi connectivity index (χ1v) is 10.2. The molecule has 134 valence electrons. The molecule has 1 amide bonds. The number of hydrogen-bond donors (Lipinski definition) is 0. The lowest BCUT2D eigenvalue weighted by Gasteiger charge is -2.35. The largest absolute Gasteiger partial charge is 0.345 e. The molecule has 1 aromatic heterocycles. The molecule has 2 aliphatic heterocycles. The summed E-state index contributed by atoms with van der Waals surface area (Å²) in [6.07, 6.45) is 4.51. The maximum atomic E-state index is 12.9. The van der Waals surface area contributed by atoms with Crippen LogP contribution in [0.4, 0.5) is 0 Å². The Balaban J connectivity index is 1.85. The molecule has 7 heteroatoms. The van der Waals surface area contributed by atoms with Crippen LogP contribution >= 0.6 is 0 Å². The molecule has 0 unspecified atom stereocenters. The van der Waals surface area contributed by atoms with Crippen molar-refractivity contribution in [1.82, 2.24) is 13.8 Å². The van der Waals surface area contributed by atoms with E-state index in [1.807, 2.05) is 4.90 Å². The first-order valence-electron chi connectivity index (χ1n) is 8.75. The van der Waals surface area contributed by atoms with E-state index < -0.39 is 10.0 Å². The van der Waals surface area contributed by atoms with Crippen molar-refractivity contribution in [2.75, 3.05) is 26.2 Å². The van der Waals surface area contributed by atoms with E-state index >= 15 is 0 Å². The van der Waals surface area contributed by atoms with Crippen LogP contribution in [0.1, 0.15) is 43.6 Å². The van der Waals surface area contributed by atoms with E-state index in [2.05, 4.69) is 13.8 Å². The third kappa shape index (κ3) is 3.24. The molecule has 2 saturated heterocycles. The molecule has 0 radical (unpaired) electrons. The van der Waals surface area contributed by atoms with Gasteiger partial charge in [0.1, 0.15) is 10.6 Å². The predicted molar refractivity (Wildman–Crippen MR) is 92.3 cm³/mol. The summed E-state index contributed by atoms with van der Waals surface area (Å²) in [6.45, 7) is 6.93. The zero-order valence-electron chi connectivity index (χ0n) is 14.7. The van der Waals surface area contributed by atoms with Gasteiger partial charge in [0, 0.05) is 39.4 Å². The Morgan fingerprint density at radius 3 is 2.29 bits per heavy atom. The second-order valence-corrected chi connectivity index (χ2v) is 9.38. The molecular weight excluding hydrogens is 326 g/mol. The van der Waals surface area contributed by atoms with Crippen molar-refractivity contribution >= 4 is 15.9 Å². The highest BCUT2D eigenvalue weighted by Gasteiger charge is 2.32. The van der Waals surface area contributed by atoms with Crippen molar-refractivity contribution in [3.05, 3.63) is 18.0 Å². The molecule has 0 aromatic carbocycles. The van der Waals surface area contributed by atoms with Gasteiger partial charge in [0.15, 0.2) is 0 Å². The van der Waals surface area contributed by atoms with Gasteiger partial charge in [-0.2, -0.15) is 4.31 Å². The van der Waals surface area contributed by atoms with Crippen LogP contribution in [0.2, 0.25) is 0 Å². The second-order valence-electron chi connectivity index (χ2n) is 7.44. The first-order chi connectivity index (χ1) is 11.3. The zero-order valence-corrected chi connectivity index (χ0v) is 15.6. The Kier molecular flexibility index (Phi) is 4.75. The number of amides is 1. The number of aromatic nitrogens is 1. The van der Waals surface area contributed by atoms with Crippen LogP contribution in [0.15, 0.2) is 17.2 Å². The Bertz CT molecular complexity index is 709. The van der Waals surface area contributed by atoms with Gasteiger partial charge < -0.3 is 9.47 Å². The Labute approximate surface area is 144 Å². The molecule has 0 bridgehead atoms. The number of likely N-dealkylation sites (tertiary alicyclic amines) is 1. The minimum Gasteiger partial charge on any atom is -0.345 e. The molecule has 0 N–H and O–H groups in total. The maximum Gasteiger partial charge on any atom is 0.270 e. The number of sulfonamides is 1. The van der Waals surface area contributed by atoms with Crippen molar-refractivity contribution in [1.29, 1.82) is 0 Å². The van der Waals surface area contributed by atoms with Gasteiger partial charge in [-0.25, -0.2) is 8.42 Å². The number of piperidine rings is 1. The Morgan fingerprint density at radius 1 is 1.12 bits per heavy atom. The number of rotatable bonds is 3. The summed E-state index contributed by atoms with van der Waals surface area (Å²) in [7, 11) is -1.74. The van der Waals surface area contributed by atoms with Gasteiger partial charge in [-0.1, -0.05) is 13.8 Å². The van der Waals surface area contributed by atoms with Crippen molar-refractivity contribution in [2.24, 2.45) is 18.9 Å². The number of carbonyl (C=O) groups excluding carboxylic acids is 1. The molecule has 0 saturated carbocycles. The van der Waals surface area contributed by atoms with E-state index in [0.29, 0.717) is 30.6 Å². The van der Waals surface area contributed by atoms with Crippen LogP contribution in [0.25, 0.3) is 0 Å². The third-order valence-electron chi connectivity index (χ3n) is 5.06. The van der Waals surface area contributed by atoms with E-state index in [4.69, 9.17) is 0 Å². The summed E-state index contributed by atoms with van der Waals surface area (Å²) in [5.41, 5.74) is 0.453. The highest BCUT2D eigenvalue weighted by molar-refractivity contribution is 7.89. The van der Waals surface area contributed by atoms with Crippen LogP contribution in [0.5, 0.6) is 0 Å². The Morgan fingerprint density at radius 2 is 1.71 bits per heavy atom. The van der Waals surface area contributed by atoms with Gasteiger partial charge in [-0.05, 0) is 37.2 Å². The van der Waals surface area contributed by atoms with E-state index in [9.17, 15) is 13.2 Å². The average molecular weight is 353 g/mol. The fourth-order valence-corrected chi connectivity index (χ4v) is 5.55. The van der Waals surface area contributed by atoms with Crippen LogP contribution in [-0.2, 0) is 17.1 Å². The van der Waals surface area contributed by atoms with Gasteiger partial charge in [0.25, 0.3) is 5.91 Å².